The van der Waals surface area contributed by atoms with Crippen LogP contribution in [0.3, 0.4) is 0 Å². The number of hydrogen-bond acceptors (Lipinski definition) is 4. The summed E-state index contributed by atoms with van der Waals surface area (Å²) in [5.74, 6) is 0.798. The van der Waals surface area contributed by atoms with Crippen LogP contribution in [0, 0.1) is 0 Å². The summed E-state index contributed by atoms with van der Waals surface area (Å²) >= 11 is 3.49. The van der Waals surface area contributed by atoms with Crippen LogP contribution in [0.25, 0.3) is 6.08 Å². The van der Waals surface area contributed by atoms with Crippen LogP contribution in [0.2, 0.25) is 0 Å². The van der Waals surface area contributed by atoms with Crippen LogP contribution in [0.4, 0.5) is 0 Å². The second-order valence-electron chi connectivity index (χ2n) is 6.10. The zero-order valence-corrected chi connectivity index (χ0v) is 15.2. The van der Waals surface area contributed by atoms with Gasteiger partial charge in [0.15, 0.2) is 12.0 Å². The number of benzene rings is 2. The molecule has 0 aliphatic carbocycles. The van der Waals surface area contributed by atoms with E-state index in [1.54, 1.807) is 0 Å². The van der Waals surface area contributed by atoms with Gasteiger partial charge in [-0.3, -0.25) is 9.69 Å². The van der Waals surface area contributed by atoms with Gasteiger partial charge in [-0.05, 0) is 24.3 Å². The quantitative estimate of drug-likeness (QED) is 0.736. The molecule has 2 aromatic rings. The first-order valence-corrected chi connectivity index (χ1v) is 9.11. The van der Waals surface area contributed by atoms with Gasteiger partial charge in [0.25, 0.3) is 0 Å². The Morgan fingerprint density at radius 3 is 2.60 bits per heavy atom. The average Bonchev–Trinajstić information content (AvgIpc) is 2.67. The van der Waals surface area contributed by atoms with E-state index in [0.717, 1.165) is 28.9 Å². The standard InChI is InChI=1S/C20H18BrNO3/c21-16-6-7-18-15(12-16)13-17(19(23)14-4-2-1-3-5-14)20(25-18)22-8-10-24-11-9-22/h1-7,12-13,20H,8-11H2. The van der Waals surface area contributed by atoms with Gasteiger partial charge in [-0.25, -0.2) is 0 Å². The number of ketones is 1. The second kappa shape index (κ2) is 7.12. The largest absolute Gasteiger partial charge is 0.470 e. The summed E-state index contributed by atoms with van der Waals surface area (Å²) in [5, 5.41) is 0. The van der Waals surface area contributed by atoms with Crippen LogP contribution in [0.15, 0.2) is 58.6 Å². The molecule has 25 heavy (non-hydrogen) atoms. The van der Waals surface area contributed by atoms with E-state index in [1.165, 1.54) is 0 Å². The third-order valence-corrected chi connectivity index (χ3v) is 4.96. The Morgan fingerprint density at radius 2 is 1.84 bits per heavy atom. The van der Waals surface area contributed by atoms with Crippen molar-refractivity contribution < 1.29 is 14.3 Å². The predicted molar refractivity (Wildman–Crippen MR) is 99.7 cm³/mol. The summed E-state index contributed by atoms with van der Waals surface area (Å²) < 4.78 is 12.7. The number of carbonyl (C=O) groups excluding carboxylic acids is 1. The zero-order chi connectivity index (χ0) is 17.2. The molecule has 0 amide bonds. The monoisotopic (exact) mass is 399 g/mol. The SMILES string of the molecule is O=C(C1=Cc2cc(Br)ccc2OC1N1CCOCC1)c1ccccc1. The molecular weight excluding hydrogens is 382 g/mol. The van der Waals surface area contributed by atoms with Crippen molar-refractivity contribution in [3.05, 3.63) is 69.7 Å². The highest BCUT2D eigenvalue weighted by atomic mass is 79.9. The first kappa shape index (κ1) is 16.5. The number of ether oxygens (including phenoxy) is 2. The van der Waals surface area contributed by atoms with Crippen LogP contribution in [-0.2, 0) is 4.74 Å². The zero-order valence-electron chi connectivity index (χ0n) is 13.7. The number of Topliss-reactive ketones (excluding diaryl/α,β-unsaturated/α-hetero) is 1. The highest BCUT2D eigenvalue weighted by Gasteiger charge is 2.33. The molecule has 2 heterocycles. The second-order valence-corrected chi connectivity index (χ2v) is 7.01. The number of morpholine rings is 1. The molecule has 1 unspecified atom stereocenters. The van der Waals surface area contributed by atoms with Gasteiger partial charge >= 0.3 is 0 Å². The smallest absolute Gasteiger partial charge is 0.194 e. The maximum absolute atomic E-state index is 13.1. The van der Waals surface area contributed by atoms with E-state index >= 15 is 0 Å². The number of carbonyl (C=O) groups is 1. The summed E-state index contributed by atoms with van der Waals surface area (Å²) in [6.45, 7) is 2.80. The van der Waals surface area contributed by atoms with Crippen molar-refractivity contribution >= 4 is 27.8 Å². The van der Waals surface area contributed by atoms with Crippen molar-refractivity contribution in [2.75, 3.05) is 26.3 Å². The van der Waals surface area contributed by atoms with Crippen molar-refractivity contribution in [1.29, 1.82) is 0 Å². The highest BCUT2D eigenvalue weighted by molar-refractivity contribution is 9.10. The lowest BCUT2D eigenvalue weighted by Crippen LogP contribution is -2.49. The molecule has 4 nitrogen and oxygen atoms in total. The molecular formula is C20H18BrNO3. The Labute approximate surface area is 155 Å². The molecule has 0 saturated carbocycles. The van der Waals surface area contributed by atoms with E-state index in [9.17, 15) is 4.79 Å². The molecule has 1 atom stereocenters. The lowest BCUT2D eigenvalue weighted by atomic mass is 9.96. The minimum atomic E-state index is -0.384. The van der Waals surface area contributed by atoms with Crippen LogP contribution in [0.5, 0.6) is 5.75 Å². The van der Waals surface area contributed by atoms with Crippen LogP contribution in [0.1, 0.15) is 15.9 Å². The van der Waals surface area contributed by atoms with Gasteiger partial charge in [-0.15, -0.1) is 0 Å². The Hall–Kier alpha value is -1.95. The summed E-state index contributed by atoms with van der Waals surface area (Å²) in [5.41, 5.74) is 2.26. The van der Waals surface area contributed by atoms with Crippen molar-refractivity contribution in [3.63, 3.8) is 0 Å². The molecule has 2 aromatic carbocycles. The molecule has 5 heteroatoms. The molecule has 2 aliphatic heterocycles. The Bertz CT molecular complexity index is 813. The van der Waals surface area contributed by atoms with Gasteiger partial charge in [-0.1, -0.05) is 46.3 Å². The summed E-state index contributed by atoms with van der Waals surface area (Å²) in [4.78, 5) is 15.3. The van der Waals surface area contributed by atoms with Gasteiger partial charge < -0.3 is 9.47 Å². The lowest BCUT2D eigenvalue weighted by molar-refractivity contribution is -0.0301. The van der Waals surface area contributed by atoms with Crippen molar-refractivity contribution in [2.45, 2.75) is 6.23 Å². The lowest BCUT2D eigenvalue weighted by Gasteiger charge is -2.37. The molecule has 0 spiro atoms. The molecule has 128 valence electrons. The van der Waals surface area contributed by atoms with Crippen molar-refractivity contribution in [2.24, 2.45) is 0 Å². The third kappa shape index (κ3) is 3.40. The minimum Gasteiger partial charge on any atom is -0.470 e. The first-order valence-electron chi connectivity index (χ1n) is 8.32. The maximum Gasteiger partial charge on any atom is 0.194 e. The van der Waals surface area contributed by atoms with Gasteiger partial charge in [0.05, 0.1) is 18.8 Å². The summed E-state index contributed by atoms with van der Waals surface area (Å²) in [7, 11) is 0. The topological polar surface area (TPSA) is 38.8 Å². The summed E-state index contributed by atoms with van der Waals surface area (Å²) in [6, 6.07) is 15.2. The third-order valence-electron chi connectivity index (χ3n) is 4.46. The van der Waals surface area contributed by atoms with Crippen molar-refractivity contribution in [3.8, 4) is 5.75 Å². The molecule has 0 N–H and O–H groups in total. The van der Waals surface area contributed by atoms with Crippen molar-refractivity contribution in [1.82, 2.24) is 4.90 Å². The molecule has 4 rings (SSSR count). The maximum atomic E-state index is 13.1. The fraction of sp³-hybridized carbons (Fsp3) is 0.250. The van der Waals surface area contributed by atoms with E-state index < -0.39 is 0 Å². The first-order chi connectivity index (χ1) is 12.2. The normalized spacial score (nSPS) is 20.4. The van der Waals surface area contributed by atoms with E-state index in [0.29, 0.717) is 24.4 Å². The predicted octanol–water partition coefficient (Wildman–Crippen LogP) is 3.77. The van der Waals surface area contributed by atoms with Crippen LogP contribution in [-0.4, -0.2) is 43.2 Å². The Morgan fingerprint density at radius 1 is 1.08 bits per heavy atom. The molecule has 0 aromatic heterocycles. The van der Waals surface area contributed by atoms with Gasteiger partial charge in [0.1, 0.15) is 5.75 Å². The number of hydrogen-bond donors (Lipinski definition) is 0. The van der Waals surface area contributed by atoms with Gasteiger partial charge in [0, 0.05) is 28.7 Å². The molecule has 0 bridgehead atoms. The van der Waals surface area contributed by atoms with E-state index in [2.05, 4.69) is 20.8 Å². The summed E-state index contributed by atoms with van der Waals surface area (Å²) in [6.07, 6.45) is 1.57. The Kier molecular flexibility index (Phi) is 4.70. The molecule has 1 saturated heterocycles. The fourth-order valence-corrected chi connectivity index (χ4v) is 3.56. The van der Waals surface area contributed by atoms with E-state index in [-0.39, 0.29) is 12.0 Å². The minimum absolute atomic E-state index is 0.00252. The van der Waals surface area contributed by atoms with E-state index in [1.807, 2.05) is 54.6 Å². The number of nitrogens with zero attached hydrogens (tertiary/aromatic N) is 1. The van der Waals surface area contributed by atoms with Crippen LogP contribution >= 0.6 is 15.9 Å². The molecule has 1 fully saturated rings. The van der Waals surface area contributed by atoms with E-state index in [4.69, 9.17) is 9.47 Å². The number of halogens is 1. The molecule has 0 radical (unpaired) electrons. The highest BCUT2D eigenvalue weighted by Crippen LogP contribution is 2.34. The average molecular weight is 400 g/mol. The van der Waals surface area contributed by atoms with Gasteiger partial charge in [-0.2, -0.15) is 0 Å². The number of fused-ring (bicyclic) bond motifs is 1. The Balaban J connectivity index is 1.75. The van der Waals surface area contributed by atoms with Crippen LogP contribution < -0.4 is 4.74 Å². The van der Waals surface area contributed by atoms with Gasteiger partial charge in [0.2, 0.25) is 0 Å². The molecule has 2 aliphatic rings. The fourth-order valence-electron chi connectivity index (χ4n) is 3.18. The number of rotatable bonds is 3.